The molecule has 4 atom stereocenters. The van der Waals surface area contributed by atoms with Gasteiger partial charge in [0.1, 0.15) is 0 Å². The SMILES string of the molecule is O=C(c1ccccc1)C(c1ccccc1)C(O)c1ccc([N+](=O)[O-])cc1.O=C(c1ccccc1)C(c1ccccc1)C(O)c1ccc([N+](=O)[O-])cc1. The van der Waals surface area contributed by atoms with Gasteiger partial charge in [-0.15, -0.1) is 0 Å². The summed E-state index contributed by atoms with van der Waals surface area (Å²) < 4.78 is 0. The molecule has 0 fully saturated rings. The van der Waals surface area contributed by atoms with Crippen LogP contribution in [0.25, 0.3) is 0 Å². The van der Waals surface area contributed by atoms with Gasteiger partial charge in [-0.1, -0.05) is 121 Å². The molecule has 6 rings (SSSR count). The predicted octanol–water partition coefficient (Wildman–Crippen LogP) is 8.59. The van der Waals surface area contributed by atoms with E-state index in [2.05, 4.69) is 0 Å². The fourth-order valence-corrected chi connectivity index (χ4v) is 5.81. The number of aliphatic hydroxyl groups is 2. The molecule has 0 spiro atoms. The molecule has 0 aliphatic carbocycles. The van der Waals surface area contributed by atoms with E-state index in [0.29, 0.717) is 33.4 Å². The maximum Gasteiger partial charge on any atom is 0.269 e. The first kappa shape index (κ1) is 36.7. The molecule has 6 aromatic carbocycles. The van der Waals surface area contributed by atoms with Crippen molar-refractivity contribution in [3.05, 3.63) is 223 Å². The third-order valence-electron chi connectivity index (χ3n) is 8.52. The summed E-state index contributed by atoms with van der Waals surface area (Å²) in [6, 6.07) is 46.9. The highest BCUT2D eigenvalue weighted by molar-refractivity contribution is 6.02. The number of nitro groups is 2. The molecule has 6 aromatic rings. The first-order valence-electron chi connectivity index (χ1n) is 16.3. The minimum Gasteiger partial charge on any atom is -0.387 e. The summed E-state index contributed by atoms with van der Waals surface area (Å²) in [5.41, 5.74) is 3.16. The highest BCUT2D eigenvalue weighted by Crippen LogP contribution is 2.36. The molecular weight excluding hydrogens is 660 g/mol. The Kier molecular flexibility index (Phi) is 12.2. The molecule has 2 N–H and O–H groups in total. The van der Waals surface area contributed by atoms with Crippen LogP contribution in [0.5, 0.6) is 0 Å². The first-order valence-corrected chi connectivity index (χ1v) is 16.3. The summed E-state index contributed by atoms with van der Waals surface area (Å²) >= 11 is 0. The number of benzene rings is 6. The van der Waals surface area contributed by atoms with E-state index in [4.69, 9.17) is 0 Å². The molecule has 0 bridgehead atoms. The van der Waals surface area contributed by atoms with Gasteiger partial charge >= 0.3 is 0 Å². The molecule has 0 aromatic heterocycles. The Labute approximate surface area is 299 Å². The van der Waals surface area contributed by atoms with Gasteiger partial charge in [0.25, 0.3) is 11.4 Å². The smallest absolute Gasteiger partial charge is 0.269 e. The number of hydrogen-bond donors (Lipinski definition) is 2. The van der Waals surface area contributed by atoms with Crippen LogP contribution in [0.15, 0.2) is 170 Å². The van der Waals surface area contributed by atoms with Crippen molar-refractivity contribution in [1.29, 1.82) is 0 Å². The van der Waals surface area contributed by atoms with Gasteiger partial charge in [-0.3, -0.25) is 29.8 Å². The normalized spacial score (nSPS) is 13.0. The topological polar surface area (TPSA) is 161 Å². The fraction of sp³-hybridized carbons (Fsp3) is 0.0952. The van der Waals surface area contributed by atoms with E-state index in [1.54, 1.807) is 72.8 Å². The lowest BCUT2D eigenvalue weighted by Gasteiger charge is -2.23. The lowest BCUT2D eigenvalue weighted by molar-refractivity contribution is -0.385. The molecule has 0 radical (unpaired) electrons. The van der Waals surface area contributed by atoms with Crippen molar-refractivity contribution in [3.63, 3.8) is 0 Å². The quantitative estimate of drug-likeness (QED) is 0.0731. The lowest BCUT2D eigenvalue weighted by Crippen LogP contribution is -2.21. The largest absolute Gasteiger partial charge is 0.387 e. The number of aliphatic hydroxyl groups excluding tert-OH is 2. The maximum absolute atomic E-state index is 13.1. The number of carbonyl (C=O) groups excluding carboxylic acids is 2. The minimum atomic E-state index is -1.12. The number of nitro benzene ring substituents is 2. The summed E-state index contributed by atoms with van der Waals surface area (Å²) in [7, 11) is 0. The van der Waals surface area contributed by atoms with Crippen LogP contribution in [-0.2, 0) is 0 Å². The Balaban J connectivity index is 0.000000201. The number of non-ortho nitro benzene ring substituents is 2. The second-order valence-corrected chi connectivity index (χ2v) is 11.8. The van der Waals surface area contributed by atoms with E-state index in [1.165, 1.54) is 48.5 Å². The van der Waals surface area contributed by atoms with Gasteiger partial charge in [-0.05, 0) is 46.5 Å². The van der Waals surface area contributed by atoms with Gasteiger partial charge in [0.15, 0.2) is 11.6 Å². The molecule has 10 heteroatoms. The van der Waals surface area contributed by atoms with Crippen LogP contribution in [0, 0.1) is 20.2 Å². The molecule has 0 saturated heterocycles. The number of carbonyl (C=O) groups is 2. The number of nitrogens with zero attached hydrogens (tertiary/aromatic N) is 2. The monoisotopic (exact) mass is 694 g/mol. The van der Waals surface area contributed by atoms with Crippen LogP contribution in [0.1, 0.15) is 67.0 Å². The van der Waals surface area contributed by atoms with Gasteiger partial charge < -0.3 is 10.2 Å². The molecular formula is C42H34N2O8. The molecule has 0 heterocycles. The van der Waals surface area contributed by atoms with Gasteiger partial charge in [0, 0.05) is 35.4 Å². The van der Waals surface area contributed by atoms with Crippen LogP contribution < -0.4 is 0 Å². The van der Waals surface area contributed by atoms with Gasteiger partial charge in [0.2, 0.25) is 0 Å². The fourth-order valence-electron chi connectivity index (χ4n) is 5.81. The zero-order valence-electron chi connectivity index (χ0n) is 27.7. The molecule has 260 valence electrons. The zero-order valence-corrected chi connectivity index (χ0v) is 27.7. The Morgan fingerprint density at radius 1 is 0.404 bits per heavy atom. The first-order chi connectivity index (χ1) is 25.2. The van der Waals surface area contributed by atoms with Crippen molar-refractivity contribution in [2.75, 3.05) is 0 Å². The average Bonchev–Trinajstić information content (AvgIpc) is 3.19. The Morgan fingerprint density at radius 3 is 0.942 bits per heavy atom. The van der Waals surface area contributed by atoms with E-state index >= 15 is 0 Å². The molecule has 4 unspecified atom stereocenters. The summed E-state index contributed by atoms with van der Waals surface area (Å²) in [5, 5.41) is 43.4. The summed E-state index contributed by atoms with van der Waals surface area (Å²) in [6.07, 6.45) is -2.24. The summed E-state index contributed by atoms with van der Waals surface area (Å²) in [5.74, 6) is -2.02. The number of rotatable bonds is 12. The van der Waals surface area contributed by atoms with Gasteiger partial charge in [0.05, 0.1) is 33.9 Å². The van der Waals surface area contributed by atoms with Crippen molar-refractivity contribution in [2.24, 2.45) is 0 Å². The average molecular weight is 695 g/mol. The van der Waals surface area contributed by atoms with Crippen molar-refractivity contribution >= 4 is 22.9 Å². The molecule has 0 aliphatic heterocycles. The maximum atomic E-state index is 13.1. The zero-order chi connectivity index (χ0) is 37.0. The molecule has 10 nitrogen and oxygen atoms in total. The van der Waals surface area contributed by atoms with Gasteiger partial charge in [-0.2, -0.15) is 0 Å². The summed E-state index contributed by atoms with van der Waals surface area (Å²) in [6.45, 7) is 0. The second kappa shape index (κ2) is 17.3. The number of Topliss-reactive ketones (excluding diaryl/α,β-unsaturated/α-hetero) is 2. The second-order valence-electron chi connectivity index (χ2n) is 11.8. The van der Waals surface area contributed by atoms with E-state index in [9.17, 15) is 40.0 Å². The number of ketones is 2. The van der Waals surface area contributed by atoms with Crippen LogP contribution in [-0.4, -0.2) is 31.6 Å². The molecule has 0 amide bonds. The van der Waals surface area contributed by atoms with Crippen LogP contribution in [0.4, 0.5) is 11.4 Å². The highest BCUT2D eigenvalue weighted by atomic mass is 16.6. The lowest BCUT2D eigenvalue weighted by atomic mass is 9.83. The Morgan fingerprint density at radius 2 is 0.673 bits per heavy atom. The summed E-state index contributed by atoms with van der Waals surface area (Å²) in [4.78, 5) is 46.8. The van der Waals surface area contributed by atoms with E-state index < -0.39 is 33.9 Å². The molecule has 52 heavy (non-hydrogen) atoms. The highest BCUT2D eigenvalue weighted by Gasteiger charge is 2.32. The third-order valence-corrected chi connectivity index (χ3v) is 8.52. The van der Waals surface area contributed by atoms with Crippen LogP contribution in [0.3, 0.4) is 0 Å². The number of hydrogen-bond acceptors (Lipinski definition) is 8. The van der Waals surface area contributed by atoms with E-state index in [0.717, 1.165) is 0 Å². The van der Waals surface area contributed by atoms with E-state index in [1.807, 2.05) is 48.5 Å². The Hall–Kier alpha value is -6.62. The van der Waals surface area contributed by atoms with Crippen molar-refractivity contribution in [2.45, 2.75) is 24.0 Å². The van der Waals surface area contributed by atoms with Crippen LogP contribution >= 0.6 is 0 Å². The van der Waals surface area contributed by atoms with Crippen molar-refractivity contribution in [3.8, 4) is 0 Å². The third kappa shape index (κ3) is 8.94. The van der Waals surface area contributed by atoms with Gasteiger partial charge in [-0.25, -0.2) is 0 Å². The molecule has 0 aliphatic rings. The minimum absolute atomic E-state index is 0.0633. The standard InChI is InChI=1S/2C21H17NO4/c2*23-20(16-9-5-2-6-10-16)19(15-7-3-1-4-8-15)21(24)17-11-13-18(14-12-17)22(25)26/h2*1-14,19,21,24H. The molecule has 0 saturated carbocycles. The Bertz CT molecular complexity index is 1940. The van der Waals surface area contributed by atoms with E-state index in [-0.39, 0.29) is 22.9 Å². The van der Waals surface area contributed by atoms with Crippen molar-refractivity contribution in [1.82, 2.24) is 0 Å². The predicted molar refractivity (Wildman–Crippen MR) is 196 cm³/mol. The van der Waals surface area contributed by atoms with Crippen molar-refractivity contribution < 1.29 is 29.6 Å². The van der Waals surface area contributed by atoms with Crippen LogP contribution in [0.2, 0.25) is 0 Å².